The molecule has 0 N–H and O–H groups in total. The predicted octanol–water partition coefficient (Wildman–Crippen LogP) is 13.4. The van der Waals surface area contributed by atoms with Gasteiger partial charge in [-0.3, -0.25) is 0 Å². The average Bonchev–Trinajstić information content (AvgIpc) is 3.76. The quantitative estimate of drug-likeness (QED) is 0.190. The molecule has 0 aliphatic heterocycles. The Labute approximate surface area is 282 Å². The summed E-state index contributed by atoms with van der Waals surface area (Å²) in [5.41, 5.74) is 11.2. The summed E-state index contributed by atoms with van der Waals surface area (Å²) in [7, 11) is 0. The second-order valence-corrected chi connectivity index (χ2v) is 12.5. The molecule has 10 aromatic rings. The zero-order chi connectivity index (χ0) is 32.3. The first-order valence-electron chi connectivity index (χ1n) is 16.6. The lowest BCUT2D eigenvalue weighted by atomic mass is 9.98. The van der Waals surface area contributed by atoms with Crippen LogP contribution in [0.2, 0.25) is 0 Å². The van der Waals surface area contributed by atoms with E-state index in [0.29, 0.717) is 0 Å². The molecule has 0 saturated heterocycles. The van der Waals surface area contributed by atoms with Gasteiger partial charge in [0, 0.05) is 27.5 Å². The van der Waals surface area contributed by atoms with Crippen LogP contribution in [0.4, 0.5) is 17.1 Å². The summed E-state index contributed by atoms with van der Waals surface area (Å²) in [6.07, 6.45) is 0. The molecule has 0 radical (unpaired) electrons. The number of furan rings is 2. The molecule has 2 aromatic heterocycles. The van der Waals surface area contributed by atoms with E-state index in [9.17, 15) is 0 Å². The number of fused-ring (bicyclic) bond motifs is 10. The van der Waals surface area contributed by atoms with Gasteiger partial charge < -0.3 is 13.7 Å². The highest BCUT2D eigenvalue weighted by atomic mass is 16.3. The highest BCUT2D eigenvalue weighted by Crippen LogP contribution is 2.49. The summed E-state index contributed by atoms with van der Waals surface area (Å²) < 4.78 is 13.5. The van der Waals surface area contributed by atoms with Crippen LogP contribution in [0, 0.1) is 0 Å². The molecule has 49 heavy (non-hydrogen) atoms. The highest BCUT2D eigenvalue weighted by molar-refractivity contribution is 6.35. The number of para-hydroxylation sites is 1. The Morgan fingerprint density at radius 1 is 0.306 bits per heavy atom. The van der Waals surface area contributed by atoms with Crippen molar-refractivity contribution in [3.8, 4) is 22.3 Å². The molecular weight excluding hydrogens is 599 g/mol. The van der Waals surface area contributed by atoms with Crippen LogP contribution >= 0.6 is 0 Å². The third-order valence-electron chi connectivity index (χ3n) is 9.66. The number of anilines is 3. The number of benzene rings is 8. The van der Waals surface area contributed by atoms with Crippen LogP contribution in [0.1, 0.15) is 0 Å². The maximum atomic E-state index is 6.80. The van der Waals surface area contributed by atoms with Crippen LogP contribution in [0.3, 0.4) is 0 Å². The van der Waals surface area contributed by atoms with Crippen LogP contribution in [0.5, 0.6) is 0 Å². The molecular formula is C46H29NO2. The number of hydrogen-bond donors (Lipinski definition) is 0. The monoisotopic (exact) mass is 627 g/mol. The molecule has 230 valence electrons. The van der Waals surface area contributed by atoms with Crippen LogP contribution in [-0.2, 0) is 0 Å². The van der Waals surface area contributed by atoms with Gasteiger partial charge in [-0.15, -0.1) is 0 Å². The molecule has 0 aliphatic carbocycles. The molecule has 2 heterocycles. The average molecular weight is 628 g/mol. The van der Waals surface area contributed by atoms with Crippen molar-refractivity contribution in [3.63, 3.8) is 0 Å². The molecule has 0 bridgehead atoms. The van der Waals surface area contributed by atoms with E-state index < -0.39 is 0 Å². The zero-order valence-electron chi connectivity index (χ0n) is 26.5. The third-order valence-corrected chi connectivity index (χ3v) is 9.66. The predicted molar refractivity (Wildman–Crippen MR) is 204 cm³/mol. The number of hydrogen-bond acceptors (Lipinski definition) is 3. The van der Waals surface area contributed by atoms with E-state index in [1.54, 1.807) is 0 Å². The third kappa shape index (κ3) is 4.37. The van der Waals surface area contributed by atoms with E-state index in [1.807, 2.05) is 12.1 Å². The molecule has 0 unspecified atom stereocenters. The Hall–Kier alpha value is -6.58. The van der Waals surface area contributed by atoms with Crippen molar-refractivity contribution < 1.29 is 8.83 Å². The second-order valence-electron chi connectivity index (χ2n) is 12.5. The molecule has 10 rings (SSSR count). The van der Waals surface area contributed by atoms with Gasteiger partial charge in [0.25, 0.3) is 0 Å². The van der Waals surface area contributed by atoms with E-state index in [2.05, 4.69) is 169 Å². The van der Waals surface area contributed by atoms with Gasteiger partial charge >= 0.3 is 0 Å². The second kappa shape index (κ2) is 11.0. The van der Waals surface area contributed by atoms with E-state index in [4.69, 9.17) is 8.83 Å². The van der Waals surface area contributed by atoms with Crippen LogP contribution in [-0.4, -0.2) is 0 Å². The van der Waals surface area contributed by atoms with Gasteiger partial charge in [0.1, 0.15) is 22.3 Å². The fraction of sp³-hybridized carbons (Fsp3) is 0. The van der Waals surface area contributed by atoms with Crippen molar-refractivity contribution in [1.29, 1.82) is 0 Å². The van der Waals surface area contributed by atoms with Crippen molar-refractivity contribution in [1.82, 2.24) is 0 Å². The summed E-state index contributed by atoms with van der Waals surface area (Å²) in [4.78, 5) is 2.34. The summed E-state index contributed by atoms with van der Waals surface area (Å²) in [5, 5.41) is 6.42. The van der Waals surface area contributed by atoms with Crippen molar-refractivity contribution in [2.24, 2.45) is 0 Å². The van der Waals surface area contributed by atoms with Gasteiger partial charge in [0.05, 0.1) is 16.5 Å². The molecule has 0 spiro atoms. The summed E-state index contributed by atoms with van der Waals surface area (Å²) >= 11 is 0. The largest absolute Gasteiger partial charge is 0.455 e. The van der Waals surface area contributed by atoms with Crippen LogP contribution in [0.25, 0.3) is 76.9 Å². The SMILES string of the molecule is c1ccc(-c2ccc(N(c3ccc(-c4ccccc4)cc3)c3cccc4oc5c6ccccc6c6c7ccccc7oc6c5c34)cc2)cc1. The van der Waals surface area contributed by atoms with E-state index in [0.717, 1.165) is 71.7 Å². The zero-order valence-corrected chi connectivity index (χ0v) is 26.5. The van der Waals surface area contributed by atoms with Crippen LogP contribution < -0.4 is 4.90 Å². The Kier molecular flexibility index (Phi) is 6.18. The minimum absolute atomic E-state index is 0.817. The van der Waals surface area contributed by atoms with E-state index in [-0.39, 0.29) is 0 Å². The normalized spacial score (nSPS) is 11.7. The van der Waals surface area contributed by atoms with Crippen LogP contribution in [0.15, 0.2) is 185 Å². The first-order valence-corrected chi connectivity index (χ1v) is 16.6. The Morgan fingerprint density at radius 2 is 0.796 bits per heavy atom. The molecule has 3 nitrogen and oxygen atoms in total. The minimum Gasteiger partial charge on any atom is -0.455 e. The lowest BCUT2D eigenvalue weighted by Crippen LogP contribution is -2.10. The highest BCUT2D eigenvalue weighted by Gasteiger charge is 2.25. The number of rotatable bonds is 5. The first-order chi connectivity index (χ1) is 24.3. The van der Waals surface area contributed by atoms with Crippen molar-refractivity contribution in [2.75, 3.05) is 4.90 Å². The lowest BCUT2D eigenvalue weighted by Gasteiger charge is -2.26. The minimum atomic E-state index is 0.817. The molecule has 0 fully saturated rings. The van der Waals surface area contributed by atoms with Gasteiger partial charge in [-0.05, 0) is 70.1 Å². The van der Waals surface area contributed by atoms with Gasteiger partial charge in [0.2, 0.25) is 0 Å². The maximum Gasteiger partial charge on any atom is 0.147 e. The van der Waals surface area contributed by atoms with Gasteiger partial charge in [-0.2, -0.15) is 0 Å². The molecule has 8 aromatic carbocycles. The molecule has 3 heteroatoms. The Balaban J connectivity index is 1.26. The van der Waals surface area contributed by atoms with Gasteiger partial charge in [-0.25, -0.2) is 0 Å². The fourth-order valence-electron chi connectivity index (χ4n) is 7.41. The molecule has 0 amide bonds. The smallest absolute Gasteiger partial charge is 0.147 e. The summed E-state index contributed by atoms with van der Waals surface area (Å²) in [5.74, 6) is 0. The molecule has 0 saturated carbocycles. The lowest BCUT2D eigenvalue weighted by molar-refractivity contribution is 0.665. The van der Waals surface area contributed by atoms with E-state index >= 15 is 0 Å². The number of nitrogens with zero attached hydrogens (tertiary/aromatic N) is 1. The van der Waals surface area contributed by atoms with E-state index in [1.165, 1.54) is 22.3 Å². The van der Waals surface area contributed by atoms with Crippen molar-refractivity contribution >= 4 is 71.7 Å². The standard InChI is InChI=1S/C46H29NO2/c1-3-12-30(13-4-1)32-22-26-34(27-23-32)47(35-28-24-33(25-29-35)31-14-5-2-6-15-31)39-19-11-21-41-43(39)44-45(49-41)37-17-8-7-16-36(37)42-38-18-9-10-20-40(38)48-46(42)44/h1-29H. The first kappa shape index (κ1) is 27.5. The van der Waals surface area contributed by atoms with Gasteiger partial charge in [-0.1, -0.05) is 133 Å². The van der Waals surface area contributed by atoms with Crippen molar-refractivity contribution in [3.05, 3.63) is 176 Å². The maximum absolute atomic E-state index is 6.80. The van der Waals surface area contributed by atoms with Gasteiger partial charge in [0.15, 0.2) is 0 Å². The molecule has 0 aliphatic rings. The van der Waals surface area contributed by atoms with Crippen molar-refractivity contribution in [2.45, 2.75) is 0 Å². The Morgan fingerprint density at radius 3 is 1.43 bits per heavy atom. The summed E-state index contributed by atoms with van der Waals surface area (Å²) in [6, 6.07) is 61.8. The Bertz CT molecular complexity index is 2710. The fourth-order valence-corrected chi connectivity index (χ4v) is 7.41. The molecule has 0 atom stereocenters. The topological polar surface area (TPSA) is 29.5 Å². The summed E-state index contributed by atoms with van der Waals surface area (Å²) in [6.45, 7) is 0.